The Kier molecular flexibility index (Phi) is 6.37. The van der Waals surface area contributed by atoms with E-state index in [0.717, 1.165) is 12.8 Å². The van der Waals surface area contributed by atoms with E-state index in [1.807, 2.05) is 18.7 Å². The Bertz CT molecular complexity index is 209. The van der Waals surface area contributed by atoms with E-state index in [-0.39, 0.29) is 31.5 Å². The van der Waals surface area contributed by atoms with Crippen molar-refractivity contribution in [3.8, 4) is 0 Å². The molecule has 17 heavy (non-hydrogen) atoms. The van der Waals surface area contributed by atoms with Gasteiger partial charge >= 0.3 is 0 Å². The number of rotatable bonds is 6. The first kappa shape index (κ1) is 14.9. The molecule has 1 fully saturated rings. The maximum Gasteiger partial charge on any atom is 0.0957 e. The van der Waals surface area contributed by atoms with E-state index in [1.165, 1.54) is 0 Å². The Labute approximate surface area is 103 Å². The van der Waals surface area contributed by atoms with Crippen LogP contribution in [0.15, 0.2) is 0 Å². The molecule has 5 heteroatoms. The van der Waals surface area contributed by atoms with Crippen LogP contribution in [0.2, 0.25) is 0 Å². The number of hydrogen-bond donors (Lipinski definition) is 3. The summed E-state index contributed by atoms with van der Waals surface area (Å²) in [7, 11) is 0. The summed E-state index contributed by atoms with van der Waals surface area (Å²) in [5.74, 6) is 0. The Balaban J connectivity index is 2.69. The van der Waals surface area contributed by atoms with Gasteiger partial charge in [0.2, 0.25) is 0 Å². The quantitative estimate of drug-likeness (QED) is 0.595. The van der Waals surface area contributed by atoms with E-state index in [4.69, 9.17) is 14.9 Å². The molecule has 0 aromatic rings. The van der Waals surface area contributed by atoms with Gasteiger partial charge in [0.15, 0.2) is 0 Å². The van der Waals surface area contributed by atoms with Crippen LogP contribution in [0, 0.1) is 0 Å². The minimum atomic E-state index is -0.547. The SMILES string of the molecule is CC[C@@H]1O[C@H](C)CC(N(CCO)CCO)C1O. The number of nitrogens with zero attached hydrogens (tertiary/aromatic N) is 1. The number of ether oxygens (including phenoxy) is 1. The minimum Gasteiger partial charge on any atom is -0.395 e. The predicted molar refractivity (Wildman–Crippen MR) is 64.8 cm³/mol. The van der Waals surface area contributed by atoms with Gasteiger partial charge < -0.3 is 20.1 Å². The molecule has 0 bridgehead atoms. The molecule has 0 saturated carbocycles. The van der Waals surface area contributed by atoms with Crippen molar-refractivity contribution in [3.63, 3.8) is 0 Å². The first-order valence-electron chi connectivity index (χ1n) is 6.43. The van der Waals surface area contributed by atoms with Crippen LogP contribution in [0.3, 0.4) is 0 Å². The van der Waals surface area contributed by atoms with Crippen molar-refractivity contribution in [3.05, 3.63) is 0 Å². The fourth-order valence-corrected chi connectivity index (χ4v) is 2.56. The van der Waals surface area contributed by atoms with Crippen LogP contribution in [0.1, 0.15) is 26.7 Å². The van der Waals surface area contributed by atoms with Crippen molar-refractivity contribution in [1.82, 2.24) is 4.90 Å². The molecule has 0 aromatic heterocycles. The van der Waals surface area contributed by atoms with E-state index >= 15 is 0 Å². The van der Waals surface area contributed by atoms with Crippen molar-refractivity contribution >= 4 is 0 Å². The molecule has 0 amide bonds. The molecule has 1 rings (SSSR count). The third-order valence-corrected chi connectivity index (χ3v) is 3.40. The predicted octanol–water partition coefficient (Wildman–Crippen LogP) is -0.410. The smallest absolute Gasteiger partial charge is 0.0957 e. The van der Waals surface area contributed by atoms with Crippen molar-refractivity contribution in [2.45, 2.75) is 51.0 Å². The van der Waals surface area contributed by atoms with Gasteiger partial charge in [0.1, 0.15) is 0 Å². The van der Waals surface area contributed by atoms with E-state index in [2.05, 4.69) is 0 Å². The molecule has 3 N–H and O–H groups in total. The van der Waals surface area contributed by atoms with Crippen LogP contribution >= 0.6 is 0 Å². The van der Waals surface area contributed by atoms with Gasteiger partial charge in [-0.2, -0.15) is 0 Å². The summed E-state index contributed by atoms with van der Waals surface area (Å²) < 4.78 is 5.68. The van der Waals surface area contributed by atoms with Crippen molar-refractivity contribution < 1.29 is 20.1 Å². The Hall–Kier alpha value is -0.200. The Morgan fingerprint density at radius 2 is 1.82 bits per heavy atom. The van der Waals surface area contributed by atoms with Crippen LogP contribution in [0.25, 0.3) is 0 Å². The van der Waals surface area contributed by atoms with Gasteiger partial charge in [-0.1, -0.05) is 6.92 Å². The largest absolute Gasteiger partial charge is 0.395 e. The second-order valence-electron chi connectivity index (χ2n) is 4.67. The summed E-state index contributed by atoms with van der Waals surface area (Å²) in [6.45, 7) is 5.02. The normalized spacial score (nSPS) is 34.2. The van der Waals surface area contributed by atoms with E-state index in [9.17, 15) is 5.11 Å². The highest BCUT2D eigenvalue weighted by Crippen LogP contribution is 2.25. The summed E-state index contributed by atoms with van der Waals surface area (Å²) in [5.41, 5.74) is 0. The lowest BCUT2D eigenvalue weighted by molar-refractivity contribution is -0.150. The standard InChI is InChI=1S/C12H25NO4/c1-3-11-12(16)10(8-9(2)17-11)13(4-6-14)5-7-15/h9-12,14-16H,3-8H2,1-2H3/t9-,10?,11+,12?/m1/s1. The highest BCUT2D eigenvalue weighted by Gasteiger charge is 2.37. The van der Waals surface area contributed by atoms with Gasteiger partial charge in [-0.05, 0) is 19.8 Å². The Morgan fingerprint density at radius 3 is 2.29 bits per heavy atom. The van der Waals surface area contributed by atoms with Crippen LogP contribution in [0.5, 0.6) is 0 Å². The van der Waals surface area contributed by atoms with Gasteiger partial charge in [0, 0.05) is 19.1 Å². The molecule has 0 aromatic carbocycles. The maximum atomic E-state index is 10.2. The van der Waals surface area contributed by atoms with Gasteiger partial charge in [0.25, 0.3) is 0 Å². The second-order valence-corrected chi connectivity index (χ2v) is 4.67. The molecule has 4 atom stereocenters. The van der Waals surface area contributed by atoms with Gasteiger partial charge in [-0.3, -0.25) is 4.90 Å². The number of aliphatic hydroxyl groups is 3. The van der Waals surface area contributed by atoms with E-state index in [0.29, 0.717) is 13.1 Å². The molecule has 102 valence electrons. The minimum absolute atomic E-state index is 0.0370. The summed E-state index contributed by atoms with van der Waals surface area (Å²) >= 11 is 0. The van der Waals surface area contributed by atoms with Crippen molar-refractivity contribution in [1.29, 1.82) is 0 Å². The zero-order valence-corrected chi connectivity index (χ0v) is 10.7. The molecule has 1 saturated heterocycles. The van der Waals surface area contributed by atoms with Crippen LogP contribution in [-0.4, -0.2) is 70.9 Å². The molecule has 1 heterocycles. The maximum absolute atomic E-state index is 10.2. The molecular formula is C12H25NO4. The van der Waals surface area contributed by atoms with Crippen LogP contribution in [-0.2, 0) is 4.74 Å². The lowest BCUT2D eigenvalue weighted by atomic mass is 9.93. The Morgan fingerprint density at radius 1 is 1.24 bits per heavy atom. The van der Waals surface area contributed by atoms with E-state index in [1.54, 1.807) is 0 Å². The molecule has 0 spiro atoms. The average Bonchev–Trinajstić information content (AvgIpc) is 2.31. The van der Waals surface area contributed by atoms with Crippen LogP contribution < -0.4 is 0 Å². The van der Waals surface area contributed by atoms with Gasteiger partial charge in [-0.25, -0.2) is 0 Å². The highest BCUT2D eigenvalue weighted by atomic mass is 16.5. The molecular weight excluding hydrogens is 222 g/mol. The molecule has 2 unspecified atom stereocenters. The van der Waals surface area contributed by atoms with Crippen molar-refractivity contribution in [2.75, 3.05) is 26.3 Å². The van der Waals surface area contributed by atoms with Crippen LogP contribution in [0.4, 0.5) is 0 Å². The summed E-state index contributed by atoms with van der Waals surface area (Å²) in [5, 5.41) is 28.3. The lowest BCUT2D eigenvalue weighted by Gasteiger charge is -2.43. The fourth-order valence-electron chi connectivity index (χ4n) is 2.56. The third kappa shape index (κ3) is 3.89. The molecule has 0 aliphatic carbocycles. The van der Waals surface area contributed by atoms with Gasteiger partial charge in [0.05, 0.1) is 31.5 Å². The number of aliphatic hydroxyl groups excluding tert-OH is 3. The first-order chi connectivity index (χ1) is 8.13. The highest BCUT2D eigenvalue weighted by molar-refractivity contribution is 4.90. The topological polar surface area (TPSA) is 73.2 Å². The zero-order valence-electron chi connectivity index (χ0n) is 10.7. The molecule has 0 radical (unpaired) electrons. The summed E-state index contributed by atoms with van der Waals surface area (Å²) in [6, 6.07) is -0.0389. The zero-order chi connectivity index (χ0) is 12.8. The molecule has 5 nitrogen and oxygen atoms in total. The monoisotopic (exact) mass is 247 g/mol. The average molecular weight is 247 g/mol. The lowest BCUT2D eigenvalue weighted by Crippen LogP contribution is -2.56. The summed E-state index contributed by atoms with van der Waals surface area (Å²) in [4.78, 5) is 1.95. The van der Waals surface area contributed by atoms with Gasteiger partial charge in [-0.15, -0.1) is 0 Å². The van der Waals surface area contributed by atoms with Crippen molar-refractivity contribution in [2.24, 2.45) is 0 Å². The summed E-state index contributed by atoms with van der Waals surface area (Å²) in [6.07, 6.45) is 0.914. The fraction of sp³-hybridized carbons (Fsp3) is 1.00. The third-order valence-electron chi connectivity index (χ3n) is 3.40. The second kappa shape index (κ2) is 7.28. The number of hydrogen-bond acceptors (Lipinski definition) is 5. The molecule has 1 aliphatic heterocycles. The van der Waals surface area contributed by atoms with E-state index < -0.39 is 6.10 Å². The molecule has 1 aliphatic rings. The first-order valence-corrected chi connectivity index (χ1v) is 6.43.